The quantitative estimate of drug-likeness (QED) is 0.456. The van der Waals surface area contributed by atoms with Crippen LogP contribution in [0.4, 0.5) is 16.3 Å². The van der Waals surface area contributed by atoms with Crippen LogP contribution in [0.15, 0.2) is 60.9 Å². The number of rotatable bonds is 7. The Morgan fingerprint density at radius 2 is 1.88 bits per heavy atom. The molecule has 0 saturated heterocycles. The maximum absolute atomic E-state index is 12.2. The molecule has 1 aromatic carbocycles. The third-order valence-electron chi connectivity index (χ3n) is 5.43. The molecular weight excluding hydrogens is 404 g/mol. The molecule has 4 N–H and O–H groups in total. The van der Waals surface area contributed by atoms with Crippen molar-refractivity contribution in [1.29, 1.82) is 0 Å². The van der Waals surface area contributed by atoms with E-state index in [0.29, 0.717) is 29.7 Å². The van der Waals surface area contributed by atoms with Crippen molar-refractivity contribution < 1.29 is 9.59 Å². The van der Waals surface area contributed by atoms with Crippen LogP contribution >= 0.6 is 0 Å². The largest absolute Gasteiger partial charge is 0.367 e. The van der Waals surface area contributed by atoms with Crippen molar-refractivity contribution in [3.63, 3.8) is 0 Å². The van der Waals surface area contributed by atoms with Crippen LogP contribution < -0.4 is 21.3 Å². The molecule has 164 valence electrons. The molecule has 2 aromatic heterocycles. The van der Waals surface area contributed by atoms with Crippen LogP contribution in [0.2, 0.25) is 0 Å². The molecular formula is C24H26N6O2. The van der Waals surface area contributed by atoms with Gasteiger partial charge in [0.2, 0.25) is 0 Å². The van der Waals surface area contributed by atoms with Crippen LogP contribution in [0.1, 0.15) is 35.2 Å². The Kier molecular flexibility index (Phi) is 6.60. The fraction of sp³-hybridized carbons (Fsp3) is 0.250. The molecule has 32 heavy (non-hydrogen) atoms. The van der Waals surface area contributed by atoms with Gasteiger partial charge >= 0.3 is 6.03 Å². The van der Waals surface area contributed by atoms with Gasteiger partial charge in [0.05, 0.1) is 11.3 Å². The molecule has 1 saturated carbocycles. The highest BCUT2D eigenvalue weighted by atomic mass is 16.2. The van der Waals surface area contributed by atoms with Crippen LogP contribution in [0.25, 0.3) is 11.3 Å². The number of carbonyl (C=O) groups is 2. The fourth-order valence-electron chi connectivity index (χ4n) is 3.38. The van der Waals surface area contributed by atoms with Crippen LogP contribution in [0, 0.1) is 0 Å². The summed E-state index contributed by atoms with van der Waals surface area (Å²) in [5.41, 5.74) is 3.79. The lowest BCUT2D eigenvalue weighted by atomic mass is 9.93. The third kappa shape index (κ3) is 5.21. The van der Waals surface area contributed by atoms with E-state index in [9.17, 15) is 9.59 Å². The third-order valence-corrected chi connectivity index (χ3v) is 5.43. The Bertz CT molecular complexity index is 1080. The van der Waals surface area contributed by atoms with Crippen molar-refractivity contribution >= 4 is 23.4 Å². The van der Waals surface area contributed by atoms with Gasteiger partial charge in [0.1, 0.15) is 5.82 Å². The number of hydrogen-bond acceptors (Lipinski definition) is 5. The van der Waals surface area contributed by atoms with E-state index in [0.717, 1.165) is 29.7 Å². The Balaban J connectivity index is 1.43. The van der Waals surface area contributed by atoms with Gasteiger partial charge in [-0.1, -0.05) is 18.2 Å². The first-order valence-corrected chi connectivity index (χ1v) is 10.7. The lowest BCUT2D eigenvalue weighted by molar-refractivity contribution is 0.0963. The maximum Gasteiger partial charge on any atom is 0.319 e. The van der Waals surface area contributed by atoms with E-state index in [1.807, 2.05) is 42.5 Å². The zero-order valence-electron chi connectivity index (χ0n) is 17.9. The summed E-state index contributed by atoms with van der Waals surface area (Å²) < 4.78 is 0. The number of urea groups is 1. The minimum absolute atomic E-state index is 0.164. The van der Waals surface area contributed by atoms with Gasteiger partial charge in [-0.15, -0.1) is 0 Å². The molecule has 1 aliphatic carbocycles. The predicted molar refractivity (Wildman–Crippen MR) is 124 cm³/mol. The first kappa shape index (κ1) is 21.3. The molecule has 0 aliphatic heterocycles. The lowest BCUT2D eigenvalue weighted by Crippen LogP contribution is -2.29. The molecule has 1 fully saturated rings. The topological polar surface area (TPSA) is 108 Å². The van der Waals surface area contributed by atoms with Crippen LogP contribution in [0.5, 0.6) is 0 Å². The SMILES string of the molecule is CNC(=O)c1ccc(-c2ccc(NC(=O)NCc3cccnc3)cc2)nc1NC1CCC1. The van der Waals surface area contributed by atoms with Gasteiger partial charge in [0.25, 0.3) is 5.91 Å². The summed E-state index contributed by atoms with van der Waals surface area (Å²) in [4.78, 5) is 33.1. The van der Waals surface area contributed by atoms with Crippen LogP contribution in [-0.2, 0) is 6.54 Å². The first-order chi connectivity index (χ1) is 15.6. The summed E-state index contributed by atoms with van der Waals surface area (Å²) in [5, 5.41) is 11.7. The number of amides is 3. The summed E-state index contributed by atoms with van der Waals surface area (Å²) in [7, 11) is 1.61. The van der Waals surface area contributed by atoms with Crippen molar-refractivity contribution in [2.75, 3.05) is 17.7 Å². The summed E-state index contributed by atoms with van der Waals surface area (Å²) >= 11 is 0. The average molecular weight is 431 g/mol. The minimum atomic E-state index is -0.290. The molecule has 8 nitrogen and oxygen atoms in total. The number of pyridine rings is 2. The minimum Gasteiger partial charge on any atom is -0.367 e. The van der Waals surface area contributed by atoms with Gasteiger partial charge in [-0.05, 0) is 55.2 Å². The Morgan fingerprint density at radius 3 is 2.53 bits per heavy atom. The highest BCUT2D eigenvalue weighted by Crippen LogP contribution is 2.27. The molecule has 0 bridgehead atoms. The summed E-state index contributed by atoms with van der Waals surface area (Å²) in [6, 6.07) is 14.9. The Labute approximate surface area is 186 Å². The molecule has 0 spiro atoms. The van der Waals surface area contributed by atoms with Gasteiger partial charge in [0.15, 0.2) is 0 Å². The Morgan fingerprint density at radius 1 is 1.06 bits per heavy atom. The van der Waals surface area contributed by atoms with Gasteiger partial charge in [0, 0.05) is 43.3 Å². The van der Waals surface area contributed by atoms with E-state index in [1.165, 1.54) is 6.42 Å². The van der Waals surface area contributed by atoms with Gasteiger partial charge in [-0.25, -0.2) is 9.78 Å². The standard InChI is InChI=1S/C24H26N6O2/c1-25-23(31)20-11-12-21(30-22(20)28-18-5-2-6-18)17-7-9-19(10-8-17)29-24(32)27-15-16-4-3-13-26-14-16/h3-4,7-14,18H,2,5-6,15H2,1H3,(H,25,31)(H,28,30)(H2,27,29,32). The summed E-state index contributed by atoms with van der Waals surface area (Å²) in [6.07, 6.45) is 6.77. The van der Waals surface area contributed by atoms with E-state index in [2.05, 4.69) is 26.3 Å². The second kappa shape index (κ2) is 9.91. The molecule has 8 heteroatoms. The number of aromatic nitrogens is 2. The van der Waals surface area contributed by atoms with E-state index >= 15 is 0 Å². The van der Waals surface area contributed by atoms with E-state index in [1.54, 1.807) is 25.5 Å². The van der Waals surface area contributed by atoms with E-state index < -0.39 is 0 Å². The van der Waals surface area contributed by atoms with E-state index in [-0.39, 0.29) is 11.9 Å². The van der Waals surface area contributed by atoms with Crippen molar-refractivity contribution in [3.05, 3.63) is 72.1 Å². The molecule has 3 amide bonds. The number of hydrogen-bond donors (Lipinski definition) is 4. The number of carbonyl (C=O) groups excluding carboxylic acids is 2. The monoisotopic (exact) mass is 430 g/mol. The highest BCUT2D eigenvalue weighted by molar-refractivity contribution is 5.99. The summed E-state index contributed by atoms with van der Waals surface area (Å²) in [5.74, 6) is 0.436. The van der Waals surface area contributed by atoms with Crippen molar-refractivity contribution in [2.45, 2.75) is 31.8 Å². The van der Waals surface area contributed by atoms with E-state index in [4.69, 9.17) is 4.98 Å². The van der Waals surface area contributed by atoms with Crippen molar-refractivity contribution in [3.8, 4) is 11.3 Å². The molecule has 0 atom stereocenters. The molecule has 4 rings (SSSR count). The lowest BCUT2D eigenvalue weighted by Gasteiger charge is -2.28. The van der Waals surface area contributed by atoms with Crippen molar-refractivity contribution in [2.24, 2.45) is 0 Å². The number of anilines is 2. The van der Waals surface area contributed by atoms with Gasteiger partial charge in [-0.3, -0.25) is 9.78 Å². The molecule has 2 heterocycles. The second-order valence-electron chi connectivity index (χ2n) is 7.69. The predicted octanol–water partition coefficient (Wildman–Crippen LogP) is 3.79. The molecule has 0 radical (unpaired) electrons. The van der Waals surface area contributed by atoms with Gasteiger partial charge < -0.3 is 21.3 Å². The smallest absolute Gasteiger partial charge is 0.319 e. The highest BCUT2D eigenvalue weighted by Gasteiger charge is 2.21. The zero-order chi connectivity index (χ0) is 22.3. The number of nitrogens with zero attached hydrogens (tertiary/aromatic N) is 2. The zero-order valence-corrected chi connectivity index (χ0v) is 17.9. The number of nitrogens with one attached hydrogen (secondary N) is 4. The van der Waals surface area contributed by atoms with Crippen molar-refractivity contribution in [1.82, 2.24) is 20.6 Å². The van der Waals surface area contributed by atoms with Crippen LogP contribution in [-0.4, -0.2) is 35.0 Å². The first-order valence-electron chi connectivity index (χ1n) is 10.7. The molecule has 0 unspecified atom stereocenters. The second-order valence-corrected chi connectivity index (χ2v) is 7.69. The van der Waals surface area contributed by atoms with Gasteiger partial charge in [-0.2, -0.15) is 0 Å². The molecule has 3 aromatic rings. The fourth-order valence-corrected chi connectivity index (χ4v) is 3.38. The number of benzene rings is 1. The Hall–Kier alpha value is -3.94. The molecule has 1 aliphatic rings. The maximum atomic E-state index is 12.2. The normalized spacial score (nSPS) is 13.0. The van der Waals surface area contributed by atoms with Crippen LogP contribution in [0.3, 0.4) is 0 Å². The average Bonchev–Trinajstić information content (AvgIpc) is 2.80. The summed E-state index contributed by atoms with van der Waals surface area (Å²) in [6.45, 7) is 0.399.